The van der Waals surface area contributed by atoms with Gasteiger partial charge < -0.3 is 26.0 Å². The molecule has 0 bridgehead atoms. The van der Waals surface area contributed by atoms with Crippen LogP contribution in [0.15, 0.2) is 66.7 Å². The second kappa shape index (κ2) is 13.6. The smallest absolute Gasteiger partial charge is 0.247 e. The van der Waals surface area contributed by atoms with Crippen LogP contribution in [0, 0.1) is 5.82 Å². The molecule has 4 rings (SSSR count). The Labute approximate surface area is 252 Å². The quantitative estimate of drug-likeness (QED) is 0.334. The summed E-state index contributed by atoms with van der Waals surface area (Å²) in [4.78, 5) is 43.8. The Morgan fingerprint density at radius 3 is 2.28 bits per heavy atom. The fraction of sp³-hybridized carbons (Fsp3) is 0.424. The van der Waals surface area contributed by atoms with E-state index in [4.69, 9.17) is 10.5 Å². The highest BCUT2D eigenvalue weighted by Crippen LogP contribution is 2.25. The molecule has 1 aliphatic rings. The minimum atomic E-state index is -1.21. The van der Waals surface area contributed by atoms with Gasteiger partial charge in [0.2, 0.25) is 17.7 Å². The summed E-state index contributed by atoms with van der Waals surface area (Å²) in [5.74, 6) is -1.34. The van der Waals surface area contributed by atoms with E-state index in [2.05, 4.69) is 39.8 Å². The molecular weight excluding hydrogens is 549 g/mol. The van der Waals surface area contributed by atoms with Crippen LogP contribution in [0.25, 0.3) is 10.8 Å². The number of nitrogens with one attached hydrogen (secondary N) is 2. The Kier molecular flexibility index (Phi) is 10.2. The van der Waals surface area contributed by atoms with Crippen molar-refractivity contribution in [2.75, 3.05) is 27.2 Å². The molecule has 0 radical (unpaired) electrons. The maximum absolute atomic E-state index is 14.0. The molecule has 43 heavy (non-hydrogen) atoms. The zero-order valence-corrected chi connectivity index (χ0v) is 25.5. The molecule has 3 amide bonds. The molecule has 230 valence electrons. The summed E-state index contributed by atoms with van der Waals surface area (Å²) in [5.41, 5.74) is 6.53. The van der Waals surface area contributed by atoms with Gasteiger partial charge in [0.25, 0.3) is 0 Å². The number of benzene rings is 3. The van der Waals surface area contributed by atoms with Crippen LogP contribution < -0.4 is 16.4 Å². The van der Waals surface area contributed by atoms with Crippen LogP contribution in [-0.4, -0.2) is 84.7 Å². The first-order chi connectivity index (χ1) is 20.4. The van der Waals surface area contributed by atoms with Gasteiger partial charge in [-0.2, -0.15) is 0 Å². The van der Waals surface area contributed by atoms with Gasteiger partial charge in [0, 0.05) is 33.7 Å². The summed E-state index contributed by atoms with van der Waals surface area (Å²) < 4.78 is 19.4. The molecule has 0 saturated carbocycles. The number of carbonyl (C=O) groups excluding carboxylic acids is 3. The van der Waals surface area contributed by atoms with Crippen molar-refractivity contribution in [2.45, 2.75) is 63.5 Å². The first-order valence-corrected chi connectivity index (χ1v) is 14.6. The highest BCUT2D eigenvalue weighted by molar-refractivity contribution is 5.92. The number of ether oxygens (including phenoxy) is 1. The fourth-order valence-corrected chi connectivity index (χ4v) is 5.69. The average Bonchev–Trinajstić information content (AvgIpc) is 2.99. The maximum Gasteiger partial charge on any atom is 0.247 e. The molecule has 1 aliphatic heterocycles. The van der Waals surface area contributed by atoms with Gasteiger partial charge in [-0.25, -0.2) is 4.39 Å². The molecular formula is C33H42FN5O4. The van der Waals surface area contributed by atoms with Crippen molar-refractivity contribution in [3.63, 3.8) is 0 Å². The Morgan fingerprint density at radius 2 is 1.65 bits per heavy atom. The summed E-state index contributed by atoms with van der Waals surface area (Å²) >= 11 is 0. The molecule has 3 aromatic carbocycles. The van der Waals surface area contributed by atoms with E-state index in [0.717, 1.165) is 16.3 Å². The van der Waals surface area contributed by atoms with Gasteiger partial charge in [-0.1, -0.05) is 54.6 Å². The number of likely N-dealkylation sites (N-methyl/N-ethyl adjacent to an activating group) is 1. The predicted octanol–water partition coefficient (Wildman–Crippen LogP) is 2.61. The molecule has 4 unspecified atom stereocenters. The Hall–Kier alpha value is -3.86. The number of methoxy groups -OCH3 is 1. The summed E-state index contributed by atoms with van der Waals surface area (Å²) in [7, 11) is 3.15. The van der Waals surface area contributed by atoms with Crippen molar-refractivity contribution >= 4 is 28.5 Å². The highest BCUT2D eigenvalue weighted by atomic mass is 19.1. The number of hydrogen-bond acceptors (Lipinski definition) is 6. The third kappa shape index (κ3) is 7.57. The van der Waals surface area contributed by atoms with Gasteiger partial charge in [0.05, 0.1) is 17.6 Å². The van der Waals surface area contributed by atoms with E-state index in [1.807, 2.05) is 25.1 Å². The standard InChI is InChI=1S/C33H42FN5O4/c1-21-31(43-5)39(30(41)27(37-32(42)33(2,3)35)19-22-11-14-26(34)15-12-22)17-16-38(21)28(29(40)36-4)20-23-10-13-24-8-6-7-9-25(24)18-23/h6-15,18,21,27-28,31H,16-17,19-20,35H2,1-5H3,(H,36,40)(H,37,42). The molecule has 4 N–H and O–H groups in total. The molecule has 0 aromatic heterocycles. The van der Waals surface area contributed by atoms with Crippen LogP contribution in [0.5, 0.6) is 0 Å². The van der Waals surface area contributed by atoms with Gasteiger partial charge in [0.15, 0.2) is 0 Å². The first-order valence-electron chi connectivity index (χ1n) is 14.6. The second-order valence-electron chi connectivity index (χ2n) is 11.7. The van der Waals surface area contributed by atoms with Gasteiger partial charge in [-0.3, -0.25) is 19.3 Å². The van der Waals surface area contributed by atoms with E-state index in [1.165, 1.54) is 19.2 Å². The Balaban J connectivity index is 1.57. The van der Waals surface area contributed by atoms with Gasteiger partial charge in [-0.05, 0) is 61.2 Å². The van der Waals surface area contributed by atoms with Crippen molar-refractivity contribution in [3.8, 4) is 0 Å². The van der Waals surface area contributed by atoms with Crippen LogP contribution in [0.3, 0.4) is 0 Å². The highest BCUT2D eigenvalue weighted by Gasteiger charge is 2.43. The van der Waals surface area contributed by atoms with E-state index in [9.17, 15) is 18.8 Å². The molecule has 3 aromatic rings. The summed E-state index contributed by atoms with van der Waals surface area (Å²) in [5, 5.41) is 7.84. The lowest BCUT2D eigenvalue weighted by Crippen LogP contribution is -2.67. The van der Waals surface area contributed by atoms with Crippen LogP contribution in [0.2, 0.25) is 0 Å². The van der Waals surface area contributed by atoms with E-state index < -0.39 is 35.6 Å². The minimum Gasteiger partial charge on any atom is -0.360 e. The van der Waals surface area contributed by atoms with E-state index >= 15 is 0 Å². The lowest BCUT2D eigenvalue weighted by molar-refractivity contribution is -0.166. The summed E-state index contributed by atoms with van der Waals surface area (Å²) in [6.45, 7) is 5.75. The van der Waals surface area contributed by atoms with E-state index in [-0.39, 0.29) is 30.8 Å². The number of hydrogen-bond donors (Lipinski definition) is 3. The molecule has 1 saturated heterocycles. The van der Waals surface area contributed by atoms with Crippen LogP contribution >= 0.6 is 0 Å². The Bertz CT molecular complexity index is 1440. The average molecular weight is 592 g/mol. The fourth-order valence-electron chi connectivity index (χ4n) is 5.69. The Morgan fingerprint density at radius 1 is 1.00 bits per heavy atom. The van der Waals surface area contributed by atoms with E-state index in [1.54, 1.807) is 37.9 Å². The minimum absolute atomic E-state index is 0.124. The predicted molar refractivity (Wildman–Crippen MR) is 164 cm³/mol. The molecule has 1 heterocycles. The number of nitrogens with two attached hydrogens (primary N) is 1. The molecule has 0 aliphatic carbocycles. The molecule has 10 heteroatoms. The van der Waals surface area contributed by atoms with Crippen molar-refractivity contribution in [2.24, 2.45) is 5.73 Å². The number of carbonyl (C=O) groups is 3. The topological polar surface area (TPSA) is 117 Å². The van der Waals surface area contributed by atoms with Crippen molar-refractivity contribution in [1.82, 2.24) is 20.4 Å². The SMILES string of the molecule is CNC(=O)C(Cc1ccc2ccccc2c1)N1CCN(C(=O)C(Cc2ccc(F)cc2)NC(=O)C(C)(C)N)C(OC)C1C. The third-order valence-electron chi connectivity index (χ3n) is 8.10. The lowest BCUT2D eigenvalue weighted by Gasteiger charge is -2.48. The second-order valence-corrected chi connectivity index (χ2v) is 11.7. The number of fused-ring (bicyclic) bond motifs is 1. The summed E-state index contributed by atoms with van der Waals surface area (Å²) in [6.07, 6.45) is -0.0634. The largest absolute Gasteiger partial charge is 0.360 e. The van der Waals surface area contributed by atoms with Crippen molar-refractivity contribution in [3.05, 3.63) is 83.7 Å². The van der Waals surface area contributed by atoms with Crippen LogP contribution in [-0.2, 0) is 32.0 Å². The number of amides is 3. The number of piperazine rings is 1. The molecule has 0 spiro atoms. The zero-order chi connectivity index (χ0) is 31.3. The van der Waals surface area contributed by atoms with Crippen molar-refractivity contribution < 1.29 is 23.5 Å². The molecule has 1 fully saturated rings. The number of rotatable bonds is 10. The normalized spacial score (nSPS) is 19.1. The van der Waals surface area contributed by atoms with Crippen molar-refractivity contribution in [1.29, 1.82) is 0 Å². The van der Waals surface area contributed by atoms with Crippen LogP contribution in [0.4, 0.5) is 4.39 Å². The number of nitrogens with zero attached hydrogens (tertiary/aromatic N) is 2. The lowest BCUT2D eigenvalue weighted by atomic mass is 9.97. The maximum atomic E-state index is 14.0. The third-order valence-corrected chi connectivity index (χ3v) is 8.10. The zero-order valence-electron chi connectivity index (χ0n) is 25.5. The van der Waals surface area contributed by atoms with Gasteiger partial charge in [-0.15, -0.1) is 0 Å². The van der Waals surface area contributed by atoms with E-state index in [0.29, 0.717) is 18.5 Å². The van der Waals surface area contributed by atoms with Gasteiger partial charge >= 0.3 is 0 Å². The first kappa shape index (κ1) is 32.1. The monoisotopic (exact) mass is 591 g/mol. The van der Waals surface area contributed by atoms with Gasteiger partial charge in [0.1, 0.15) is 18.1 Å². The molecule has 9 nitrogen and oxygen atoms in total. The molecule has 4 atom stereocenters. The van der Waals surface area contributed by atoms with Crippen LogP contribution in [0.1, 0.15) is 31.9 Å². The summed E-state index contributed by atoms with van der Waals surface area (Å²) in [6, 6.07) is 18.3. The number of halogens is 1.